The number of thiazole rings is 1. The summed E-state index contributed by atoms with van der Waals surface area (Å²) in [6, 6.07) is 10.4. The molecule has 0 spiro atoms. The van der Waals surface area contributed by atoms with E-state index in [0.29, 0.717) is 27.9 Å². The van der Waals surface area contributed by atoms with Gasteiger partial charge in [-0.2, -0.15) is 0 Å². The fourth-order valence-electron chi connectivity index (χ4n) is 2.46. The summed E-state index contributed by atoms with van der Waals surface area (Å²) >= 11 is 4.59. The van der Waals surface area contributed by atoms with Crippen LogP contribution < -0.4 is 20.1 Å². The van der Waals surface area contributed by atoms with Gasteiger partial charge in [-0.1, -0.05) is 15.9 Å². The maximum atomic E-state index is 12.5. The zero-order valence-electron chi connectivity index (χ0n) is 15.9. The van der Waals surface area contributed by atoms with E-state index in [-0.39, 0.29) is 17.5 Å². The van der Waals surface area contributed by atoms with Crippen LogP contribution in [0.4, 0.5) is 10.8 Å². The Morgan fingerprint density at radius 1 is 1.00 bits per heavy atom. The monoisotopic (exact) mass is 475 g/mol. The highest BCUT2D eigenvalue weighted by Crippen LogP contribution is 2.25. The van der Waals surface area contributed by atoms with Crippen molar-refractivity contribution in [3.05, 3.63) is 63.1 Å². The van der Waals surface area contributed by atoms with E-state index < -0.39 is 0 Å². The fourth-order valence-corrected chi connectivity index (χ4v) is 3.39. The summed E-state index contributed by atoms with van der Waals surface area (Å²) in [5.74, 6) is 0.260. The molecule has 2 N–H and O–H groups in total. The molecule has 150 valence electrons. The summed E-state index contributed by atoms with van der Waals surface area (Å²) in [6.45, 7) is 1.93. The van der Waals surface area contributed by atoms with E-state index in [2.05, 4.69) is 31.5 Å². The van der Waals surface area contributed by atoms with Crippen molar-refractivity contribution in [2.45, 2.75) is 6.92 Å². The second kappa shape index (κ2) is 9.06. The number of anilines is 2. The average Bonchev–Trinajstić information content (AvgIpc) is 3.18. The van der Waals surface area contributed by atoms with Gasteiger partial charge in [-0.15, -0.1) is 11.3 Å². The van der Waals surface area contributed by atoms with Crippen LogP contribution in [-0.2, 0) is 0 Å². The smallest absolute Gasteiger partial charge is 0.275 e. The third kappa shape index (κ3) is 5.12. The standard InChI is InChI=1S/C20H18BrN3O4S/c1-11-6-13(4-5-16(11)21)22-19(26)17-10-29-20(23-17)24-18(25)12-7-14(27-2)9-15(8-12)28-3/h4-10H,1-3H3,(H,22,26)(H,23,24,25). The third-order valence-electron chi connectivity index (χ3n) is 3.99. The molecule has 2 aromatic carbocycles. The van der Waals surface area contributed by atoms with Crippen LogP contribution in [0.1, 0.15) is 26.4 Å². The SMILES string of the molecule is COc1cc(OC)cc(C(=O)Nc2nc(C(=O)Nc3ccc(Br)c(C)c3)cs2)c1. The number of carbonyl (C=O) groups excluding carboxylic acids is 2. The van der Waals surface area contributed by atoms with E-state index >= 15 is 0 Å². The lowest BCUT2D eigenvalue weighted by Crippen LogP contribution is -2.14. The largest absolute Gasteiger partial charge is 0.497 e. The number of aryl methyl sites for hydroxylation is 1. The lowest BCUT2D eigenvalue weighted by molar-refractivity contribution is 0.101. The summed E-state index contributed by atoms with van der Waals surface area (Å²) in [4.78, 5) is 29.2. The van der Waals surface area contributed by atoms with Crippen molar-refractivity contribution in [3.63, 3.8) is 0 Å². The van der Waals surface area contributed by atoms with Crippen molar-refractivity contribution >= 4 is 49.9 Å². The van der Waals surface area contributed by atoms with Crippen molar-refractivity contribution in [1.29, 1.82) is 0 Å². The number of aromatic nitrogens is 1. The van der Waals surface area contributed by atoms with E-state index in [0.717, 1.165) is 21.4 Å². The van der Waals surface area contributed by atoms with E-state index in [1.165, 1.54) is 14.2 Å². The first kappa shape index (κ1) is 20.8. The number of hydrogen-bond donors (Lipinski definition) is 2. The van der Waals surface area contributed by atoms with Gasteiger partial charge in [-0.3, -0.25) is 14.9 Å². The van der Waals surface area contributed by atoms with E-state index in [1.807, 2.05) is 19.1 Å². The molecule has 3 aromatic rings. The first-order valence-corrected chi connectivity index (χ1v) is 10.1. The van der Waals surface area contributed by atoms with E-state index in [4.69, 9.17) is 9.47 Å². The molecule has 7 nitrogen and oxygen atoms in total. The quantitative estimate of drug-likeness (QED) is 0.537. The predicted molar refractivity (Wildman–Crippen MR) is 116 cm³/mol. The number of amides is 2. The van der Waals surface area contributed by atoms with Crippen LogP contribution in [0.5, 0.6) is 11.5 Å². The highest BCUT2D eigenvalue weighted by molar-refractivity contribution is 9.10. The normalized spacial score (nSPS) is 10.3. The zero-order valence-corrected chi connectivity index (χ0v) is 18.3. The van der Waals surface area contributed by atoms with Crippen molar-refractivity contribution in [3.8, 4) is 11.5 Å². The highest BCUT2D eigenvalue weighted by Gasteiger charge is 2.15. The van der Waals surface area contributed by atoms with Crippen molar-refractivity contribution in [1.82, 2.24) is 4.98 Å². The fraction of sp³-hybridized carbons (Fsp3) is 0.150. The molecule has 0 unspecified atom stereocenters. The Hall–Kier alpha value is -2.91. The van der Waals surface area contributed by atoms with Gasteiger partial charge in [-0.25, -0.2) is 4.98 Å². The molecule has 0 aliphatic carbocycles. The summed E-state index contributed by atoms with van der Waals surface area (Å²) in [5.41, 5.74) is 2.24. The van der Waals surface area contributed by atoms with Gasteiger partial charge in [0, 0.05) is 27.2 Å². The van der Waals surface area contributed by atoms with Crippen molar-refractivity contribution in [2.24, 2.45) is 0 Å². The Bertz CT molecular complexity index is 1050. The third-order valence-corrected chi connectivity index (χ3v) is 5.63. The minimum atomic E-state index is -0.382. The van der Waals surface area contributed by atoms with Crippen molar-refractivity contribution in [2.75, 3.05) is 24.9 Å². The lowest BCUT2D eigenvalue weighted by atomic mass is 10.2. The second-order valence-electron chi connectivity index (χ2n) is 6.01. The Balaban J connectivity index is 1.70. The van der Waals surface area contributed by atoms with Crippen LogP contribution in [0.3, 0.4) is 0 Å². The molecule has 0 aliphatic rings. The number of rotatable bonds is 6. The van der Waals surface area contributed by atoms with Gasteiger partial charge < -0.3 is 14.8 Å². The molecule has 0 saturated carbocycles. The number of hydrogen-bond acceptors (Lipinski definition) is 6. The van der Waals surface area contributed by atoms with E-state index in [1.54, 1.807) is 29.6 Å². The molecule has 2 amide bonds. The van der Waals surface area contributed by atoms with Crippen LogP contribution in [0.2, 0.25) is 0 Å². The number of halogens is 1. The van der Waals surface area contributed by atoms with Gasteiger partial charge in [0.1, 0.15) is 17.2 Å². The number of benzene rings is 2. The zero-order chi connectivity index (χ0) is 21.0. The molecule has 29 heavy (non-hydrogen) atoms. The second-order valence-corrected chi connectivity index (χ2v) is 7.72. The molecule has 0 bridgehead atoms. The van der Waals surface area contributed by atoms with Crippen LogP contribution in [-0.4, -0.2) is 31.0 Å². The van der Waals surface area contributed by atoms with Gasteiger partial charge in [0.2, 0.25) is 0 Å². The predicted octanol–water partition coefficient (Wildman–Crippen LogP) is 4.74. The van der Waals surface area contributed by atoms with Gasteiger partial charge >= 0.3 is 0 Å². The Labute approximate surface area is 180 Å². The molecule has 1 heterocycles. The summed E-state index contributed by atoms with van der Waals surface area (Å²) < 4.78 is 11.3. The van der Waals surface area contributed by atoms with Crippen LogP contribution in [0.15, 0.2) is 46.3 Å². The molecule has 0 radical (unpaired) electrons. The number of carbonyl (C=O) groups is 2. The highest BCUT2D eigenvalue weighted by atomic mass is 79.9. The van der Waals surface area contributed by atoms with Gasteiger partial charge in [0.25, 0.3) is 11.8 Å². The molecular weight excluding hydrogens is 458 g/mol. The average molecular weight is 476 g/mol. The first-order valence-electron chi connectivity index (χ1n) is 8.47. The van der Waals surface area contributed by atoms with Crippen LogP contribution in [0.25, 0.3) is 0 Å². The van der Waals surface area contributed by atoms with Gasteiger partial charge in [-0.05, 0) is 42.8 Å². The number of nitrogens with one attached hydrogen (secondary N) is 2. The molecule has 0 atom stereocenters. The molecular formula is C20H18BrN3O4S. The number of nitrogens with zero attached hydrogens (tertiary/aromatic N) is 1. The molecule has 1 aromatic heterocycles. The number of ether oxygens (including phenoxy) is 2. The van der Waals surface area contributed by atoms with Gasteiger partial charge in [0.15, 0.2) is 5.13 Å². The van der Waals surface area contributed by atoms with Crippen LogP contribution in [0, 0.1) is 6.92 Å². The molecule has 0 aliphatic heterocycles. The molecule has 0 fully saturated rings. The molecule has 9 heteroatoms. The Kier molecular flexibility index (Phi) is 6.50. The summed E-state index contributed by atoms with van der Waals surface area (Å²) in [7, 11) is 3.02. The Morgan fingerprint density at radius 2 is 1.69 bits per heavy atom. The number of methoxy groups -OCH3 is 2. The maximum Gasteiger partial charge on any atom is 0.275 e. The minimum Gasteiger partial charge on any atom is -0.497 e. The van der Waals surface area contributed by atoms with Crippen LogP contribution >= 0.6 is 27.3 Å². The molecule has 3 rings (SSSR count). The van der Waals surface area contributed by atoms with Gasteiger partial charge in [0.05, 0.1) is 14.2 Å². The van der Waals surface area contributed by atoms with Crippen molar-refractivity contribution < 1.29 is 19.1 Å². The maximum absolute atomic E-state index is 12.5. The topological polar surface area (TPSA) is 89.6 Å². The molecule has 0 saturated heterocycles. The summed E-state index contributed by atoms with van der Waals surface area (Å²) in [6.07, 6.45) is 0. The Morgan fingerprint density at radius 3 is 2.31 bits per heavy atom. The van der Waals surface area contributed by atoms with E-state index in [9.17, 15) is 9.59 Å². The lowest BCUT2D eigenvalue weighted by Gasteiger charge is -2.08. The minimum absolute atomic E-state index is 0.217. The first-order chi connectivity index (χ1) is 13.9. The summed E-state index contributed by atoms with van der Waals surface area (Å²) in [5, 5.41) is 7.38.